The number of fused-ring (bicyclic) bond motifs is 1. The third-order valence-electron chi connectivity index (χ3n) is 4.73. The highest BCUT2D eigenvalue weighted by Crippen LogP contribution is 2.40. The van der Waals surface area contributed by atoms with Crippen molar-refractivity contribution in [2.75, 3.05) is 19.0 Å². The van der Waals surface area contributed by atoms with E-state index in [9.17, 15) is 9.18 Å². The van der Waals surface area contributed by atoms with Crippen LogP contribution in [0.5, 0.6) is 11.5 Å². The summed E-state index contributed by atoms with van der Waals surface area (Å²) < 4.78 is 25.6. The molecule has 5 nitrogen and oxygen atoms in total. The maximum atomic E-state index is 14.5. The summed E-state index contributed by atoms with van der Waals surface area (Å²) in [7, 11) is 0. The van der Waals surface area contributed by atoms with Gasteiger partial charge in [0, 0.05) is 23.1 Å². The Kier molecular flexibility index (Phi) is 6.21. The summed E-state index contributed by atoms with van der Waals surface area (Å²) in [5.41, 5.74) is 6.36. The van der Waals surface area contributed by atoms with Crippen molar-refractivity contribution in [1.29, 1.82) is 0 Å². The van der Waals surface area contributed by atoms with Gasteiger partial charge in [-0.25, -0.2) is 4.39 Å². The summed E-state index contributed by atoms with van der Waals surface area (Å²) >= 11 is 2.79. The fraction of sp³-hybridized carbons (Fsp3) is 0.368. The lowest BCUT2D eigenvalue weighted by molar-refractivity contribution is 0.0987. The molecular weight excluding hydrogens is 423 g/mol. The Bertz CT molecular complexity index is 934. The molecule has 0 saturated carbocycles. The lowest BCUT2D eigenvalue weighted by atomic mass is 9.87. The second kappa shape index (κ2) is 8.31. The highest BCUT2D eigenvalue weighted by Gasteiger charge is 2.32. The number of nitrogens with zero attached hydrogens (tertiary/aromatic N) is 1. The number of carbonyl (C=O) groups is 1. The standard InChI is InChI=1S/C19H19FN2O3S2.ClH/c1-19(4-7-26-18(21)22-19)12-8-11(2-3-13(12)20)9-14(23)17-16-15(10-27-17)24-5-6-25-16;/h2-3,8,10H,4-7,9H2,1H3,(H2,21,22);1H/t19-;/m0./s1. The summed E-state index contributed by atoms with van der Waals surface area (Å²) in [6, 6.07) is 4.78. The minimum absolute atomic E-state index is 0. The van der Waals surface area contributed by atoms with Crippen LogP contribution >= 0.6 is 35.5 Å². The Balaban J connectivity index is 0.00000225. The van der Waals surface area contributed by atoms with Crippen molar-refractivity contribution in [1.82, 2.24) is 0 Å². The Labute approximate surface area is 176 Å². The van der Waals surface area contributed by atoms with Gasteiger partial charge in [-0.1, -0.05) is 17.8 Å². The molecule has 1 aromatic carbocycles. The van der Waals surface area contributed by atoms with E-state index < -0.39 is 5.54 Å². The van der Waals surface area contributed by atoms with E-state index in [0.717, 1.165) is 11.3 Å². The fourth-order valence-corrected chi connectivity index (χ4v) is 5.14. The van der Waals surface area contributed by atoms with Crippen molar-refractivity contribution in [3.63, 3.8) is 0 Å². The molecule has 2 aromatic rings. The number of hydrogen-bond donors (Lipinski definition) is 1. The number of halogens is 2. The van der Waals surface area contributed by atoms with Gasteiger partial charge in [0.2, 0.25) is 0 Å². The van der Waals surface area contributed by atoms with Crippen molar-refractivity contribution in [3.8, 4) is 11.5 Å². The molecule has 1 aromatic heterocycles. The fourth-order valence-electron chi connectivity index (χ4n) is 3.30. The quantitative estimate of drug-likeness (QED) is 0.719. The highest BCUT2D eigenvalue weighted by atomic mass is 35.5. The smallest absolute Gasteiger partial charge is 0.183 e. The third-order valence-corrected chi connectivity index (χ3v) is 6.50. The van der Waals surface area contributed by atoms with Gasteiger partial charge in [-0.15, -0.1) is 23.7 Å². The molecule has 2 aliphatic rings. The van der Waals surface area contributed by atoms with Crippen LogP contribution in [0.15, 0.2) is 28.6 Å². The molecular formula is C19H20ClFN2O3S2. The van der Waals surface area contributed by atoms with Crippen molar-refractivity contribution in [2.45, 2.75) is 25.3 Å². The number of ketones is 1. The molecule has 28 heavy (non-hydrogen) atoms. The molecule has 0 aliphatic carbocycles. The molecule has 0 bridgehead atoms. The molecule has 0 amide bonds. The van der Waals surface area contributed by atoms with Gasteiger partial charge in [-0.05, 0) is 31.0 Å². The van der Waals surface area contributed by atoms with Crippen LogP contribution in [0.25, 0.3) is 0 Å². The Hall–Kier alpha value is -1.77. The maximum Gasteiger partial charge on any atom is 0.183 e. The molecule has 4 rings (SSSR count). The van der Waals surface area contributed by atoms with Gasteiger partial charge < -0.3 is 15.2 Å². The molecule has 0 spiro atoms. The van der Waals surface area contributed by atoms with Gasteiger partial charge in [0.25, 0.3) is 0 Å². The average Bonchev–Trinajstić information content (AvgIpc) is 3.07. The normalized spacial score (nSPS) is 20.9. The lowest BCUT2D eigenvalue weighted by Crippen LogP contribution is -2.29. The first kappa shape index (κ1) is 21.0. The van der Waals surface area contributed by atoms with Crippen LogP contribution in [0, 0.1) is 5.82 Å². The molecule has 9 heteroatoms. The van der Waals surface area contributed by atoms with Crippen molar-refractivity contribution in [3.05, 3.63) is 45.4 Å². The summed E-state index contributed by atoms with van der Waals surface area (Å²) in [4.78, 5) is 17.8. The number of rotatable bonds is 4. The van der Waals surface area contributed by atoms with Crippen molar-refractivity contribution in [2.24, 2.45) is 10.7 Å². The second-order valence-electron chi connectivity index (χ2n) is 6.69. The van der Waals surface area contributed by atoms with Crippen molar-refractivity contribution >= 4 is 46.5 Å². The predicted octanol–water partition coefficient (Wildman–Crippen LogP) is 4.17. The molecule has 2 N–H and O–H groups in total. The number of carbonyl (C=O) groups excluding carboxylic acids is 1. The molecule has 0 fully saturated rings. The van der Waals surface area contributed by atoms with E-state index >= 15 is 0 Å². The van der Waals surface area contributed by atoms with E-state index in [1.165, 1.54) is 29.2 Å². The first-order valence-corrected chi connectivity index (χ1v) is 10.5. The minimum Gasteiger partial charge on any atom is -0.485 e. The van der Waals surface area contributed by atoms with Crippen LogP contribution in [0.1, 0.15) is 34.1 Å². The molecule has 2 aliphatic heterocycles. The molecule has 1 atom stereocenters. The van der Waals surface area contributed by atoms with E-state index in [4.69, 9.17) is 15.2 Å². The second-order valence-corrected chi connectivity index (χ2v) is 8.69. The largest absolute Gasteiger partial charge is 0.485 e. The molecule has 0 radical (unpaired) electrons. The molecule has 0 saturated heterocycles. The lowest BCUT2D eigenvalue weighted by Gasteiger charge is -2.30. The van der Waals surface area contributed by atoms with E-state index in [1.807, 2.05) is 6.92 Å². The maximum absolute atomic E-state index is 14.5. The zero-order valence-electron chi connectivity index (χ0n) is 15.2. The number of ether oxygens (including phenoxy) is 2. The van der Waals surface area contributed by atoms with E-state index in [1.54, 1.807) is 17.5 Å². The average molecular weight is 443 g/mol. The third kappa shape index (κ3) is 3.99. The first-order valence-electron chi connectivity index (χ1n) is 8.63. The zero-order chi connectivity index (χ0) is 19.0. The number of thioether (sulfide) groups is 1. The van der Waals surface area contributed by atoms with Gasteiger partial charge in [-0.3, -0.25) is 9.79 Å². The van der Waals surface area contributed by atoms with Gasteiger partial charge in [0.1, 0.15) is 23.9 Å². The van der Waals surface area contributed by atoms with Crippen molar-refractivity contribution < 1.29 is 18.7 Å². The van der Waals surface area contributed by atoms with E-state index in [-0.39, 0.29) is 30.4 Å². The number of nitrogens with two attached hydrogens (primary N) is 1. The van der Waals surface area contributed by atoms with Gasteiger partial charge in [0.05, 0.1) is 5.54 Å². The van der Waals surface area contributed by atoms with Crippen LogP contribution in [0.2, 0.25) is 0 Å². The van der Waals surface area contributed by atoms with Crippen LogP contribution in [-0.2, 0) is 12.0 Å². The predicted molar refractivity (Wildman–Crippen MR) is 113 cm³/mol. The number of hydrogen-bond acceptors (Lipinski definition) is 7. The topological polar surface area (TPSA) is 73.9 Å². The highest BCUT2D eigenvalue weighted by molar-refractivity contribution is 8.13. The minimum atomic E-state index is -0.711. The van der Waals surface area contributed by atoms with Crippen LogP contribution in [-0.4, -0.2) is 29.9 Å². The zero-order valence-corrected chi connectivity index (χ0v) is 17.6. The van der Waals surface area contributed by atoms with Gasteiger partial charge in [0.15, 0.2) is 22.4 Å². The molecule has 3 heterocycles. The van der Waals surface area contributed by atoms with Crippen LogP contribution in [0.4, 0.5) is 4.39 Å². The van der Waals surface area contributed by atoms with E-state index in [2.05, 4.69) is 4.99 Å². The summed E-state index contributed by atoms with van der Waals surface area (Å²) in [5, 5.41) is 2.25. The van der Waals surface area contributed by atoms with Gasteiger partial charge >= 0.3 is 0 Å². The Morgan fingerprint density at radius 3 is 2.93 bits per heavy atom. The number of amidine groups is 1. The summed E-state index contributed by atoms with van der Waals surface area (Å²) in [6.07, 6.45) is 0.851. The monoisotopic (exact) mass is 442 g/mol. The van der Waals surface area contributed by atoms with Gasteiger partial charge in [-0.2, -0.15) is 0 Å². The molecule has 150 valence electrons. The number of benzene rings is 1. The number of thiophene rings is 1. The molecule has 0 unspecified atom stereocenters. The first-order chi connectivity index (χ1) is 13.0. The Morgan fingerprint density at radius 2 is 2.14 bits per heavy atom. The van der Waals surface area contributed by atoms with Crippen LogP contribution in [0.3, 0.4) is 0 Å². The summed E-state index contributed by atoms with van der Waals surface area (Å²) in [6.45, 7) is 2.80. The van der Waals surface area contributed by atoms with E-state index in [0.29, 0.717) is 46.7 Å². The Morgan fingerprint density at radius 1 is 1.36 bits per heavy atom. The number of Topliss-reactive ketones (excluding diaryl/α,β-unsaturated/α-hetero) is 1. The van der Waals surface area contributed by atoms with Crippen LogP contribution < -0.4 is 15.2 Å². The summed E-state index contributed by atoms with van der Waals surface area (Å²) in [5.74, 6) is 1.52. The number of aliphatic imine (C=N–C) groups is 1. The SMILES string of the molecule is C[C@@]1(c2cc(CC(=O)c3scc4c3OCCO4)ccc2F)CCSC(N)=N1.Cl.